The third-order valence-corrected chi connectivity index (χ3v) is 10.1. The van der Waals surface area contributed by atoms with E-state index < -0.39 is 11.9 Å². The Morgan fingerprint density at radius 3 is 2.02 bits per heavy atom. The van der Waals surface area contributed by atoms with Crippen molar-refractivity contribution in [1.29, 1.82) is 0 Å². The van der Waals surface area contributed by atoms with E-state index in [0.29, 0.717) is 30.8 Å². The maximum absolute atomic E-state index is 13.1. The Balaban J connectivity index is 1.03. The van der Waals surface area contributed by atoms with Crippen molar-refractivity contribution < 1.29 is 24.6 Å². The second-order valence-electron chi connectivity index (χ2n) is 13.1. The molecule has 0 saturated carbocycles. The van der Waals surface area contributed by atoms with E-state index >= 15 is 0 Å². The summed E-state index contributed by atoms with van der Waals surface area (Å²) >= 11 is 6.31. The predicted octanol–water partition coefficient (Wildman–Crippen LogP) is 5.77. The first kappa shape index (κ1) is 33.4. The van der Waals surface area contributed by atoms with Gasteiger partial charge in [0, 0.05) is 62.8 Å². The Hall–Kier alpha value is -5.12. The summed E-state index contributed by atoms with van der Waals surface area (Å²) in [5.74, 6) is 0.0114. The number of hydrogen-bond acceptors (Lipinski definition) is 7. The van der Waals surface area contributed by atoms with Crippen LogP contribution in [-0.4, -0.2) is 75.8 Å². The molecule has 0 spiro atoms. The maximum atomic E-state index is 13.1. The minimum Gasteiger partial charge on any atom is -0.508 e. The number of halogens is 1. The van der Waals surface area contributed by atoms with Crippen LogP contribution in [-0.2, 0) is 22.7 Å². The van der Waals surface area contributed by atoms with E-state index in [1.165, 1.54) is 0 Å². The summed E-state index contributed by atoms with van der Waals surface area (Å²) in [7, 11) is 0. The molecule has 3 aliphatic heterocycles. The highest BCUT2D eigenvalue weighted by Crippen LogP contribution is 2.37. The second kappa shape index (κ2) is 14.4. The number of fused-ring (bicyclic) bond motifs is 1. The van der Waals surface area contributed by atoms with Crippen LogP contribution in [0.15, 0.2) is 91.0 Å². The summed E-state index contributed by atoms with van der Waals surface area (Å²) < 4.78 is 0. The lowest BCUT2D eigenvalue weighted by Crippen LogP contribution is -2.52. The molecule has 1 unspecified atom stereocenters. The molecule has 4 aromatic carbocycles. The summed E-state index contributed by atoms with van der Waals surface area (Å²) in [4.78, 5) is 43.5. The van der Waals surface area contributed by atoms with Crippen LogP contribution in [0, 0.1) is 0 Å². The van der Waals surface area contributed by atoms with Crippen LogP contribution in [0.4, 0.5) is 5.69 Å². The number of aromatic hydroxyl groups is 2. The number of piperazine rings is 1. The van der Waals surface area contributed by atoms with E-state index in [1.807, 2.05) is 36.4 Å². The molecular formula is C40H39ClN4O5. The monoisotopic (exact) mass is 690 g/mol. The lowest BCUT2D eigenvalue weighted by molar-refractivity contribution is -0.136. The first-order valence-electron chi connectivity index (χ1n) is 17.0. The van der Waals surface area contributed by atoms with Gasteiger partial charge >= 0.3 is 0 Å². The molecule has 2 saturated heterocycles. The van der Waals surface area contributed by atoms with Crippen LogP contribution in [0.2, 0.25) is 0 Å². The van der Waals surface area contributed by atoms with Crippen molar-refractivity contribution in [2.24, 2.45) is 0 Å². The number of anilines is 1. The fourth-order valence-electron chi connectivity index (χ4n) is 7.30. The van der Waals surface area contributed by atoms with Gasteiger partial charge in [-0.3, -0.25) is 24.6 Å². The highest BCUT2D eigenvalue weighted by Gasteiger charge is 2.39. The third-order valence-electron chi connectivity index (χ3n) is 9.91. The number of piperidine rings is 1. The lowest BCUT2D eigenvalue weighted by atomic mass is 9.88. The number of carbonyl (C=O) groups is 3. The van der Waals surface area contributed by atoms with Crippen molar-refractivity contribution >= 4 is 46.2 Å². The Morgan fingerprint density at radius 1 is 0.780 bits per heavy atom. The maximum Gasteiger partial charge on any atom is 0.255 e. The average molecular weight is 691 g/mol. The van der Waals surface area contributed by atoms with Crippen molar-refractivity contribution in [3.05, 3.63) is 124 Å². The topological polar surface area (TPSA) is 113 Å². The van der Waals surface area contributed by atoms with Gasteiger partial charge in [0.15, 0.2) is 0 Å². The molecule has 3 N–H and O–H groups in total. The Morgan fingerprint density at radius 2 is 1.40 bits per heavy atom. The number of allylic oxidation sites excluding steroid dienone is 1. The molecule has 1 atom stereocenters. The zero-order valence-electron chi connectivity index (χ0n) is 27.6. The molecule has 0 radical (unpaired) electrons. The molecule has 2 fully saturated rings. The number of amides is 3. The van der Waals surface area contributed by atoms with Gasteiger partial charge in [0.1, 0.15) is 17.5 Å². The van der Waals surface area contributed by atoms with Gasteiger partial charge in [0.2, 0.25) is 11.8 Å². The number of phenolic OH excluding ortho intramolecular Hbond substituents is 2. The number of phenols is 2. The Kier molecular flexibility index (Phi) is 9.61. The van der Waals surface area contributed by atoms with Gasteiger partial charge in [-0.25, -0.2) is 0 Å². The van der Waals surface area contributed by atoms with Crippen molar-refractivity contribution in [2.45, 2.75) is 38.4 Å². The molecule has 10 heteroatoms. The fraction of sp³-hybridized carbons (Fsp3) is 0.275. The van der Waals surface area contributed by atoms with Crippen LogP contribution in [0.3, 0.4) is 0 Å². The molecule has 50 heavy (non-hydrogen) atoms. The van der Waals surface area contributed by atoms with Crippen LogP contribution >= 0.6 is 11.6 Å². The normalized spacial score (nSPS) is 18.6. The van der Waals surface area contributed by atoms with Crippen molar-refractivity contribution in [3.63, 3.8) is 0 Å². The third kappa shape index (κ3) is 6.97. The van der Waals surface area contributed by atoms with Crippen LogP contribution in [0.1, 0.15) is 57.4 Å². The molecular weight excluding hydrogens is 652 g/mol. The number of nitrogens with one attached hydrogen (secondary N) is 1. The van der Waals surface area contributed by atoms with Crippen LogP contribution in [0.25, 0.3) is 11.1 Å². The van der Waals surface area contributed by atoms with E-state index in [1.54, 1.807) is 29.2 Å². The molecule has 3 amide bonds. The first-order chi connectivity index (χ1) is 24.3. The molecule has 9 nitrogen and oxygen atoms in total. The predicted molar refractivity (Wildman–Crippen MR) is 194 cm³/mol. The SMILES string of the molecule is O=C1CCC(N2Cc3cc(CN4CCN(c5ccc(C(=C(CCCl)c6ccc(O)cc6)c6ccc(O)cc6)cc5)CC4)ccc3C2=O)C(=O)N1. The summed E-state index contributed by atoms with van der Waals surface area (Å²) in [6, 6.07) is 28.3. The largest absolute Gasteiger partial charge is 0.508 e. The standard InChI is InChI=1S/C40H39ClN4O5/c41-18-17-34(27-4-10-32(46)11-5-27)38(29-6-12-33(47)13-7-29)28-2-8-31(9-3-28)44-21-19-43(20-22-44)24-26-1-14-35-30(23-26)25-45(40(35)50)36-15-16-37(48)42-39(36)49/h1-14,23,36,46-47H,15-22,24-25H2,(H,42,48,49). The van der Waals surface area contributed by atoms with Crippen molar-refractivity contribution in [1.82, 2.24) is 15.1 Å². The summed E-state index contributed by atoms with van der Waals surface area (Å²) in [6.45, 7) is 4.67. The Bertz CT molecular complexity index is 1930. The minimum atomic E-state index is -0.611. The summed E-state index contributed by atoms with van der Waals surface area (Å²) in [6.07, 6.45) is 1.23. The minimum absolute atomic E-state index is 0.151. The quantitative estimate of drug-likeness (QED) is 0.116. The van der Waals surface area contributed by atoms with Crippen LogP contribution in [0.5, 0.6) is 11.5 Å². The highest BCUT2D eigenvalue weighted by atomic mass is 35.5. The molecule has 0 aliphatic carbocycles. The number of alkyl halides is 1. The van der Waals surface area contributed by atoms with Gasteiger partial charge in [0.05, 0.1) is 0 Å². The van der Waals surface area contributed by atoms with E-state index in [2.05, 4.69) is 45.4 Å². The number of hydrogen-bond donors (Lipinski definition) is 3. The number of nitrogens with zero attached hydrogens (tertiary/aromatic N) is 3. The molecule has 4 aromatic rings. The smallest absolute Gasteiger partial charge is 0.255 e. The van der Waals surface area contributed by atoms with E-state index in [-0.39, 0.29) is 29.7 Å². The molecule has 0 aromatic heterocycles. The van der Waals surface area contributed by atoms with Gasteiger partial charge in [-0.1, -0.05) is 48.5 Å². The highest BCUT2D eigenvalue weighted by molar-refractivity contribution is 6.18. The average Bonchev–Trinajstić information content (AvgIpc) is 3.44. The Labute approximate surface area is 296 Å². The van der Waals surface area contributed by atoms with Crippen molar-refractivity contribution in [3.8, 4) is 11.5 Å². The number of benzene rings is 4. The van der Waals surface area contributed by atoms with Gasteiger partial charge in [-0.2, -0.15) is 0 Å². The molecule has 3 heterocycles. The zero-order valence-corrected chi connectivity index (χ0v) is 28.4. The van der Waals surface area contributed by atoms with Crippen molar-refractivity contribution in [2.75, 3.05) is 37.0 Å². The van der Waals surface area contributed by atoms with Gasteiger partial charge in [0.25, 0.3) is 5.91 Å². The lowest BCUT2D eigenvalue weighted by Gasteiger charge is -2.36. The van der Waals surface area contributed by atoms with Gasteiger partial charge < -0.3 is 20.0 Å². The number of rotatable bonds is 9. The number of carbonyl (C=O) groups excluding carboxylic acids is 3. The zero-order chi connectivity index (χ0) is 34.8. The molecule has 256 valence electrons. The van der Waals surface area contributed by atoms with E-state index in [9.17, 15) is 24.6 Å². The van der Waals surface area contributed by atoms with Gasteiger partial charge in [-0.15, -0.1) is 11.6 Å². The summed E-state index contributed by atoms with van der Waals surface area (Å²) in [5.41, 5.74) is 8.92. The first-order valence-corrected chi connectivity index (χ1v) is 17.5. The van der Waals surface area contributed by atoms with Gasteiger partial charge in [-0.05, 0) is 94.3 Å². The fourth-order valence-corrected chi connectivity index (χ4v) is 7.49. The molecule has 7 rings (SSSR count). The molecule has 3 aliphatic rings. The van der Waals surface area contributed by atoms with E-state index in [4.69, 9.17) is 11.6 Å². The van der Waals surface area contributed by atoms with E-state index in [0.717, 1.165) is 77.4 Å². The molecule has 0 bridgehead atoms. The number of imide groups is 1. The van der Waals surface area contributed by atoms with Crippen LogP contribution < -0.4 is 10.2 Å². The summed E-state index contributed by atoms with van der Waals surface area (Å²) in [5, 5.41) is 22.3. The second-order valence-corrected chi connectivity index (χ2v) is 13.5.